The number of anilines is 2. The van der Waals surface area contributed by atoms with Crippen molar-refractivity contribution in [3.05, 3.63) is 53.3 Å². The monoisotopic (exact) mass is 381 g/mol. The van der Waals surface area contributed by atoms with Crippen LogP contribution in [0.2, 0.25) is 0 Å². The van der Waals surface area contributed by atoms with Gasteiger partial charge >= 0.3 is 5.97 Å². The minimum absolute atomic E-state index is 0.112. The lowest BCUT2D eigenvalue weighted by Crippen LogP contribution is -2.26. The van der Waals surface area contributed by atoms with Crippen LogP contribution < -0.4 is 10.2 Å². The zero-order valence-corrected chi connectivity index (χ0v) is 16.7. The predicted molar refractivity (Wildman–Crippen MR) is 110 cm³/mol. The van der Waals surface area contributed by atoms with Crippen molar-refractivity contribution in [2.75, 3.05) is 30.9 Å². The Hall–Kier alpha value is -2.89. The van der Waals surface area contributed by atoms with E-state index < -0.39 is 0 Å². The molecule has 0 saturated heterocycles. The summed E-state index contributed by atoms with van der Waals surface area (Å²) >= 11 is 0. The second-order valence-corrected chi connectivity index (χ2v) is 7.07. The molecule has 148 valence electrons. The van der Waals surface area contributed by atoms with E-state index in [1.54, 1.807) is 23.4 Å². The first-order valence-corrected chi connectivity index (χ1v) is 9.70. The summed E-state index contributed by atoms with van der Waals surface area (Å²) in [5.74, 6) is 0.0822. The third kappa shape index (κ3) is 4.16. The third-order valence-corrected chi connectivity index (χ3v) is 5.39. The van der Waals surface area contributed by atoms with Gasteiger partial charge in [-0.1, -0.05) is 13.0 Å². The van der Waals surface area contributed by atoms with E-state index >= 15 is 0 Å². The Morgan fingerprint density at radius 2 is 2.14 bits per heavy atom. The molecule has 2 aromatic rings. The largest absolute Gasteiger partial charge is 0.465 e. The van der Waals surface area contributed by atoms with Crippen molar-refractivity contribution in [3.8, 4) is 0 Å². The molecule has 6 nitrogen and oxygen atoms in total. The van der Waals surface area contributed by atoms with Gasteiger partial charge in [0.05, 0.1) is 24.6 Å². The fourth-order valence-electron chi connectivity index (χ4n) is 3.76. The van der Waals surface area contributed by atoms with Gasteiger partial charge in [0.15, 0.2) is 0 Å². The standard InChI is InChI=1S/C22H27N3O3/c1-4-21(26)25(2)17-8-9-18-15(12-17)6-5-7-16(18)13-24-20-14-23-11-10-19(20)22(27)28-3/h8-12,14,16,24H,4-7,13H2,1-3H3. The number of carbonyl (C=O) groups excluding carboxylic acids is 2. The number of methoxy groups -OCH3 is 1. The lowest BCUT2D eigenvalue weighted by Gasteiger charge is -2.28. The highest BCUT2D eigenvalue weighted by molar-refractivity contribution is 5.95. The number of aromatic nitrogens is 1. The van der Waals surface area contributed by atoms with Crippen LogP contribution in [0.5, 0.6) is 0 Å². The molecule has 0 spiro atoms. The van der Waals surface area contributed by atoms with Crippen molar-refractivity contribution in [2.45, 2.75) is 38.5 Å². The van der Waals surface area contributed by atoms with Crippen molar-refractivity contribution >= 4 is 23.3 Å². The average Bonchev–Trinajstić information content (AvgIpc) is 2.75. The molecule has 0 bridgehead atoms. The first-order valence-electron chi connectivity index (χ1n) is 9.70. The van der Waals surface area contributed by atoms with E-state index in [0.717, 1.165) is 24.9 Å². The number of ether oxygens (including phenoxy) is 1. The van der Waals surface area contributed by atoms with Gasteiger partial charge < -0.3 is 15.0 Å². The van der Waals surface area contributed by atoms with E-state index in [1.165, 1.54) is 18.2 Å². The minimum Gasteiger partial charge on any atom is -0.465 e. The molecule has 1 amide bonds. The number of fused-ring (bicyclic) bond motifs is 1. The first kappa shape index (κ1) is 19.9. The van der Waals surface area contributed by atoms with Gasteiger partial charge in [-0.2, -0.15) is 0 Å². The summed E-state index contributed by atoms with van der Waals surface area (Å²) in [5, 5.41) is 3.38. The van der Waals surface area contributed by atoms with Crippen LogP contribution in [0.4, 0.5) is 11.4 Å². The number of benzene rings is 1. The van der Waals surface area contributed by atoms with Crippen LogP contribution in [0.3, 0.4) is 0 Å². The van der Waals surface area contributed by atoms with Gasteiger partial charge in [-0.05, 0) is 48.6 Å². The summed E-state index contributed by atoms with van der Waals surface area (Å²) in [6, 6.07) is 7.96. The molecule has 1 N–H and O–H groups in total. The zero-order valence-electron chi connectivity index (χ0n) is 16.7. The van der Waals surface area contributed by atoms with E-state index in [-0.39, 0.29) is 11.9 Å². The van der Waals surface area contributed by atoms with Gasteiger partial charge in [0, 0.05) is 37.8 Å². The summed E-state index contributed by atoms with van der Waals surface area (Å²) in [7, 11) is 3.20. The summed E-state index contributed by atoms with van der Waals surface area (Å²) in [5.41, 5.74) is 4.73. The van der Waals surface area contributed by atoms with E-state index in [4.69, 9.17) is 4.74 Å². The molecule has 6 heteroatoms. The Balaban J connectivity index is 1.77. The Morgan fingerprint density at radius 3 is 2.89 bits per heavy atom. The Kier molecular flexibility index (Phi) is 6.29. The summed E-state index contributed by atoms with van der Waals surface area (Å²) in [6.45, 7) is 2.59. The Morgan fingerprint density at radius 1 is 1.32 bits per heavy atom. The number of amides is 1. The highest BCUT2D eigenvalue weighted by Gasteiger charge is 2.22. The average molecular weight is 381 g/mol. The van der Waals surface area contributed by atoms with Crippen molar-refractivity contribution in [1.29, 1.82) is 0 Å². The number of esters is 1. The van der Waals surface area contributed by atoms with Crippen LogP contribution in [0.1, 0.15) is 53.6 Å². The van der Waals surface area contributed by atoms with Gasteiger partial charge in [-0.3, -0.25) is 9.78 Å². The minimum atomic E-state index is -0.373. The van der Waals surface area contributed by atoms with Crippen LogP contribution in [-0.2, 0) is 16.0 Å². The number of pyridine rings is 1. The Bertz CT molecular complexity index is 866. The smallest absolute Gasteiger partial charge is 0.340 e. The van der Waals surface area contributed by atoms with Gasteiger partial charge in [0.2, 0.25) is 5.91 Å². The third-order valence-electron chi connectivity index (χ3n) is 5.39. The van der Waals surface area contributed by atoms with Crippen LogP contribution in [0.25, 0.3) is 0 Å². The molecule has 0 saturated carbocycles. The maximum absolute atomic E-state index is 12.0. The summed E-state index contributed by atoms with van der Waals surface area (Å²) in [4.78, 5) is 29.8. The van der Waals surface area contributed by atoms with E-state index in [9.17, 15) is 9.59 Å². The Labute approximate surface area is 165 Å². The molecule has 1 atom stereocenters. The molecular weight excluding hydrogens is 354 g/mol. The van der Waals surface area contributed by atoms with Gasteiger partial charge in [0.1, 0.15) is 0 Å². The van der Waals surface area contributed by atoms with Crippen LogP contribution in [0, 0.1) is 0 Å². The summed E-state index contributed by atoms with van der Waals surface area (Å²) in [6.07, 6.45) is 6.94. The molecular formula is C22H27N3O3. The van der Waals surface area contributed by atoms with Gasteiger partial charge in [-0.25, -0.2) is 4.79 Å². The van der Waals surface area contributed by atoms with Crippen LogP contribution in [0.15, 0.2) is 36.7 Å². The van der Waals surface area contributed by atoms with Gasteiger partial charge in [-0.15, -0.1) is 0 Å². The summed E-state index contributed by atoms with van der Waals surface area (Å²) < 4.78 is 4.85. The topological polar surface area (TPSA) is 71.5 Å². The maximum atomic E-state index is 12.0. The van der Waals surface area contributed by atoms with E-state index in [1.807, 2.05) is 20.0 Å². The molecule has 1 aromatic carbocycles. The molecule has 28 heavy (non-hydrogen) atoms. The molecule has 1 aromatic heterocycles. The molecule has 0 aliphatic heterocycles. The van der Waals surface area contributed by atoms with Crippen molar-refractivity contribution < 1.29 is 14.3 Å². The van der Waals surface area contributed by atoms with E-state index in [0.29, 0.717) is 30.1 Å². The fourth-order valence-corrected chi connectivity index (χ4v) is 3.76. The molecule has 1 aliphatic rings. The normalized spacial score (nSPS) is 15.5. The molecule has 3 rings (SSSR count). The van der Waals surface area contributed by atoms with E-state index in [2.05, 4.69) is 22.4 Å². The molecule has 1 unspecified atom stereocenters. The number of rotatable bonds is 6. The molecule has 0 fully saturated rings. The van der Waals surface area contributed by atoms with Crippen molar-refractivity contribution in [2.24, 2.45) is 0 Å². The van der Waals surface area contributed by atoms with Crippen molar-refractivity contribution in [1.82, 2.24) is 4.98 Å². The number of nitrogens with one attached hydrogen (secondary N) is 1. The first-order chi connectivity index (χ1) is 13.5. The number of aryl methyl sites for hydroxylation is 1. The zero-order chi connectivity index (χ0) is 20.1. The maximum Gasteiger partial charge on any atom is 0.340 e. The quantitative estimate of drug-likeness (QED) is 0.771. The second kappa shape index (κ2) is 8.87. The molecule has 1 heterocycles. The molecule has 0 radical (unpaired) electrons. The number of hydrogen-bond acceptors (Lipinski definition) is 5. The second-order valence-electron chi connectivity index (χ2n) is 7.07. The van der Waals surface area contributed by atoms with Crippen LogP contribution >= 0.6 is 0 Å². The van der Waals surface area contributed by atoms with Crippen molar-refractivity contribution in [3.63, 3.8) is 0 Å². The number of carbonyl (C=O) groups is 2. The highest BCUT2D eigenvalue weighted by atomic mass is 16.5. The fraction of sp³-hybridized carbons (Fsp3) is 0.409. The van der Waals surface area contributed by atoms with Crippen LogP contribution in [-0.4, -0.2) is 37.6 Å². The number of nitrogens with zero attached hydrogens (tertiary/aromatic N) is 2. The number of hydrogen-bond donors (Lipinski definition) is 1. The lowest BCUT2D eigenvalue weighted by atomic mass is 9.82. The predicted octanol–water partition coefficient (Wildman–Crippen LogP) is 3.77. The highest BCUT2D eigenvalue weighted by Crippen LogP contribution is 2.34. The van der Waals surface area contributed by atoms with Gasteiger partial charge in [0.25, 0.3) is 0 Å². The lowest BCUT2D eigenvalue weighted by molar-refractivity contribution is -0.118. The molecule has 1 aliphatic carbocycles. The SMILES string of the molecule is CCC(=O)N(C)c1ccc2c(c1)CCCC2CNc1cnccc1C(=O)OC.